The molecule has 1 atom stereocenters. The Labute approximate surface area is 91.5 Å². The molecule has 0 fully saturated rings. The highest BCUT2D eigenvalue weighted by Crippen LogP contribution is 2.07. The average Bonchev–Trinajstić information content (AvgIpc) is 2.51. The minimum atomic E-state index is -0.306. The normalized spacial score (nSPS) is 12.1. The summed E-state index contributed by atoms with van der Waals surface area (Å²) in [5, 5.41) is 5.21. The molecule has 1 unspecified atom stereocenters. The van der Waals surface area contributed by atoms with Crippen LogP contribution >= 0.6 is 23.6 Å². The predicted octanol–water partition coefficient (Wildman–Crippen LogP) is 0.856. The lowest BCUT2D eigenvalue weighted by atomic mass is 10.3. The summed E-state index contributed by atoms with van der Waals surface area (Å²) in [7, 11) is 0. The van der Waals surface area contributed by atoms with Gasteiger partial charge in [-0.3, -0.25) is 4.79 Å². The van der Waals surface area contributed by atoms with E-state index in [4.69, 9.17) is 18.0 Å². The Morgan fingerprint density at radius 1 is 1.79 bits per heavy atom. The monoisotopic (exact) mass is 229 g/mol. The quantitative estimate of drug-likeness (QED) is 0.754. The van der Waals surface area contributed by atoms with Crippen molar-refractivity contribution in [3.8, 4) is 0 Å². The zero-order chi connectivity index (χ0) is 10.7. The fourth-order valence-electron chi connectivity index (χ4n) is 0.809. The first kappa shape index (κ1) is 11.1. The summed E-state index contributed by atoms with van der Waals surface area (Å²) in [4.78, 5) is 15.8. The van der Waals surface area contributed by atoms with E-state index in [1.807, 2.05) is 6.92 Å². The third kappa shape index (κ3) is 2.74. The lowest BCUT2D eigenvalue weighted by molar-refractivity contribution is 0.0945. The van der Waals surface area contributed by atoms with E-state index in [1.165, 1.54) is 11.3 Å². The van der Waals surface area contributed by atoms with Crippen molar-refractivity contribution in [2.24, 2.45) is 5.73 Å². The molecule has 0 spiro atoms. The van der Waals surface area contributed by atoms with Gasteiger partial charge in [0.2, 0.25) is 0 Å². The van der Waals surface area contributed by atoms with E-state index in [-0.39, 0.29) is 16.9 Å². The van der Waals surface area contributed by atoms with Crippen LogP contribution in [0.5, 0.6) is 0 Å². The highest BCUT2D eigenvalue weighted by atomic mass is 32.1. The second-order valence-electron chi connectivity index (χ2n) is 2.85. The van der Waals surface area contributed by atoms with E-state index in [0.29, 0.717) is 5.69 Å². The van der Waals surface area contributed by atoms with Crippen molar-refractivity contribution in [3.63, 3.8) is 0 Å². The highest BCUT2D eigenvalue weighted by molar-refractivity contribution is 7.80. The molecule has 1 heterocycles. The molecule has 76 valence electrons. The molecule has 6 heteroatoms. The minimum Gasteiger partial charge on any atom is -0.392 e. The van der Waals surface area contributed by atoms with Gasteiger partial charge in [-0.2, -0.15) is 0 Å². The number of thiazole rings is 1. The largest absolute Gasteiger partial charge is 0.392 e. The molecule has 1 aromatic heterocycles. The fraction of sp³-hybridized carbons (Fsp3) is 0.375. The molecule has 0 saturated heterocycles. The van der Waals surface area contributed by atoms with Crippen molar-refractivity contribution >= 4 is 34.5 Å². The van der Waals surface area contributed by atoms with Crippen LogP contribution in [0.4, 0.5) is 0 Å². The summed E-state index contributed by atoms with van der Waals surface area (Å²) in [5.74, 6) is -0.241. The van der Waals surface area contributed by atoms with E-state index < -0.39 is 0 Å². The Balaban J connectivity index is 2.63. The fourth-order valence-corrected chi connectivity index (χ4v) is 1.46. The van der Waals surface area contributed by atoms with Crippen LogP contribution in [0.25, 0.3) is 0 Å². The first-order valence-electron chi connectivity index (χ1n) is 4.03. The van der Waals surface area contributed by atoms with Gasteiger partial charge in [0.15, 0.2) is 0 Å². The number of rotatable bonds is 3. The molecular weight excluding hydrogens is 218 g/mol. The molecule has 1 aromatic rings. The van der Waals surface area contributed by atoms with Crippen LogP contribution in [0.1, 0.15) is 22.4 Å². The molecule has 0 aliphatic heterocycles. The Morgan fingerprint density at radius 2 is 2.43 bits per heavy atom. The van der Waals surface area contributed by atoms with E-state index in [0.717, 1.165) is 5.01 Å². The molecule has 1 rings (SSSR count). The van der Waals surface area contributed by atoms with Crippen molar-refractivity contribution in [2.45, 2.75) is 19.9 Å². The standard InChI is InChI=1S/C8H11N3OS2/c1-4(7(9)13)10-8(12)6-3-14-5(2)11-6/h3-4H,1-2H3,(H2,9,13)(H,10,12). The summed E-state index contributed by atoms with van der Waals surface area (Å²) in [6.07, 6.45) is 0. The number of amides is 1. The minimum absolute atomic E-state index is 0.241. The molecule has 0 aliphatic rings. The second kappa shape index (κ2) is 4.47. The lowest BCUT2D eigenvalue weighted by Crippen LogP contribution is -2.41. The number of aryl methyl sites for hydroxylation is 1. The summed E-state index contributed by atoms with van der Waals surface area (Å²) >= 11 is 6.17. The van der Waals surface area contributed by atoms with E-state index in [9.17, 15) is 4.79 Å². The van der Waals surface area contributed by atoms with Crippen LogP contribution in [0.15, 0.2) is 5.38 Å². The van der Waals surface area contributed by atoms with Gasteiger partial charge in [0.1, 0.15) is 5.69 Å². The van der Waals surface area contributed by atoms with Crippen molar-refractivity contribution in [1.29, 1.82) is 0 Å². The predicted molar refractivity (Wildman–Crippen MR) is 60.6 cm³/mol. The lowest BCUT2D eigenvalue weighted by Gasteiger charge is -2.10. The van der Waals surface area contributed by atoms with Crippen molar-refractivity contribution in [2.75, 3.05) is 0 Å². The van der Waals surface area contributed by atoms with Crippen LogP contribution in [0.2, 0.25) is 0 Å². The van der Waals surface area contributed by atoms with E-state index >= 15 is 0 Å². The van der Waals surface area contributed by atoms with Crippen molar-refractivity contribution in [3.05, 3.63) is 16.1 Å². The summed E-state index contributed by atoms with van der Waals surface area (Å²) in [6, 6.07) is -0.306. The number of hydrogen-bond acceptors (Lipinski definition) is 4. The van der Waals surface area contributed by atoms with Gasteiger partial charge in [0.25, 0.3) is 5.91 Å². The third-order valence-corrected chi connectivity index (χ3v) is 2.75. The van der Waals surface area contributed by atoms with E-state index in [2.05, 4.69) is 10.3 Å². The number of nitrogens with two attached hydrogens (primary N) is 1. The summed E-state index contributed by atoms with van der Waals surface area (Å²) in [5.41, 5.74) is 5.78. The molecular formula is C8H11N3OS2. The zero-order valence-corrected chi connectivity index (χ0v) is 9.54. The van der Waals surface area contributed by atoms with Gasteiger partial charge < -0.3 is 11.1 Å². The summed E-state index contributed by atoms with van der Waals surface area (Å²) < 4.78 is 0. The van der Waals surface area contributed by atoms with Gasteiger partial charge in [-0.25, -0.2) is 4.98 Å². The molecule has 4 nitrogen and oxygen atoms in total. The molecule has 3 N–H and O–H groups in total. The number of nitrogens with one attached hydrogen (secondary N) is 1. The molecule has 1 amide bonds. The average molecular weight is 229 g/mol. The maximum absolute atomic E-state index is 11.5. The molecule has 0 bridgehead atoms. The van der Waals surface area contributed by atoms with Gasteiger partial charge >= 0.3 is 0 Å². The number of hydrogen-bond donors (Lipinski definition) is 2. The van der Waals surface area contributed by atoms with Crippen LogP contribution in [0.3, 0.4) is 0 Å². The highest BCUT2D eigenvalue weighted by Gasteiger charge is 2.13. The van der Waals surface area contributed by atoms with Gasteiger partial charge in [-0.15, -0.1) is 11.3 Å². The third-order valence-electron chi connectivity index (χ3n) is 1.63. The smallest absolute Gasteiger partial charge is 0.271 e. The van der Waals surface area contributed by atoms with Crippen LogP contribution in [0, 0.1) is 6.92 Å². The summed E-state index contributed by atoms with van der Waals surface area (Å²) in [6.45, 7) is 3.58. The van der Waals surface area contributed by atoms with Gasteiger partial charge in [-0.05, 0) is 13.8 Å². The van der Waals surface area contributed by atoms with E-state index in [1.54, 1.807) is 12.3 Å². The number of nitrogens with zero attached hydrogens (tertiary/aromatic N) is 1. The maximum atomic E-state index is 11.5. The zero-order valence-electron chi connectivity index (χ0n) is 7.90. The van der Waals surface area contributed by atoms with Gasteiger partial charge in [0.05, 0.1) is 16.0 Å². The number of carbonyl (C=O) groups excluding carboxylic acids is 1. The molecule has 0 saturated carbocycles. The first-order valence-corrected chi connectivity index (χ1v) is 5.32. The Hall–Kier alpha value is -1.01. The van der Waals surface area contributed by atoms with Crippen LogP contribution in [-0.4, -0.2) is 21.9 Å². The molecule has 0 radical (unpaired) electrons. The SMILES string of the molecule is Cc1nc(C(=O)NC(C)C(N)=S)cs1. The second-order valence-corrected chi connectivity index (χ2v) is 4.38. The Kier molecular flexibility index (Phi) is 3.54. The number of carbonyl (C=O) groups is 1. The Bertz CT molecular complexity index is 361. The van der Waals surface area contributed by atoms with Gasteiger partial charge in [0, 0.05) is 5.38 Å². The van der Waals surface area contributed by atoms with Crippen LogP contribution in [-0.2, 0) is 0 Å². The number of aromatic nitrogens is 1. The number of thiocarbonyl (C=S) groups is 1. The van der Waals surface area contributed by atoms with Crippen molar-refractivity contribution in [1.82, 2.24) is 10.3 Å². The maximum Gasteiger partial charge on any atom is 0.271 e. The van der Waals surface area contributed by atoms with Gasteiger partial charge in [-0.1, -0.05) is 12.2 Å². The molecule has 0 aliphatic carbocycles. The van der Waals surface area contributed by atoms with Crippen molar-refractivity contribution < 1.29 is 4.79 Å². The molecule has 0 aromatic carbocycles. The first-order chi connectivity index (χ1) is 6.50. The Morgan fingerprint density at radius 3 is 2.86 bits per heavy atom. The topological polar surface area (TPSA) is 68.0 Å². The molecule has 14 heavy (non-hydrogen) atoms. The van der Waals surface area contributed by atoms with Crippen LogP contribution < -0.4 is 11.1 Å².